The van der Waals surface area contributed by atoms with Gasteiger partial charge in [0.2, 0.25) is 5.91 Å². The number of piperazine rings is 1. The summed E-state index contributed by atoms with van der Waals surface area (Å²) in [6.07, 6.45) is 0. The van der Waals surface area contributed by atoms with E-state index in [0.717, 1.165) is 10.9 Å². The molecule has 1 aliphatic rings. The zero-order valence-electron chi connectivity index (χ0n) is 19.2. The van der Waals surface area contributed by atoms with Crippen LogP contribution in [0.25, 0.3) is 11.0 Å². The van der Waals surface area contributed by atoms with Crippen LogP contribution in [0.15, 0.2) is 52.9 Å². The van der Waals surface area contributed by atoms with Crippen molar-refractivity contribution in [3.8, 4) is 11.5 Å². The van der Waals surface area contributed by atoms with Crippen molar-refractivity contribution in [1.29, 1.82) is 0 Å². The molecule has 8 heteroatoms. The molecular formula is C25H29N3O5. The van der Waals surface area contributed by atoms with Gasteiger partial charge in [0.1, 0.15) is 17.1 Å². The molecule has 1 saturated heterocycles. The fourth-order valence-electron chi connectivity index (χ4n) is 4.10. The lowest BCUT2D eigenvalue weighted by Crippen LogP contribution is -2.51. The monoisotopic (exact) mass is 451 g/mol. The lowest BCUT2D eigenvalue weighted by molar-refractivity contribution is -0.123. The molecule has 0 aliphatic carbocycles. The van der Waals surface area contributed by atoms with Crippen LogP contribution in [0.5, 0.6) is 11.5 Å². The van der Waals surface area contributed by atoms with E-state index in [4.69, 9.17) is 13.9 Å². The lowest BCUT2D eigenvalue weighted by atomic mass is 10.1. The van der Waals surface area contributed by atoms with Crippen molar-refractivity contribution >= 4 is 22.8 Å². The van der Waals surface area contributed by atoms with Crippen LogP contribution in [0, 0.1) is 0 Å². The molecule has 0 saturated carbocycles. The summed E-state index contributed by atoms with van der Waals surface area (Å²) >= 11 is 0. The third-order valence-electron chi connectivity index (χ3n) is 5.94. The number of ether oxygens (including phenoxy) is 2. The highest BCUT2D eigenvalue weighted by Gasteiger charge is 2.26. The van der Waals surface area contributed by atoms with Gasteiger partial charge in [-0.15, -0.1) is 0 Å². The third kappa shape index (κ3) is 5.12. The maximum absolute atomic E-state index is 12.8. The molecule has 3 aromatic rings. The molecule has 0 spiro atoms. The van der Waals surface area contributed by atoms with Gasteiger partial charge in [0.05, 0.1) is 26.8 Å². The third-order valence-corrected chi connectivity index (χ3v) is 5.94. The molecule has 174 valence electrons. The maximum atomic E-state index is 12.8. The molecule has 0 bridgehead atoms. The fourth-order valence-corrected chi connectivity index (χ4v) is 4.10. The molecule has 1 aromatic heterocycles. The van der Waals surface area contributed by atoms with Crippen LogP contribution < -0.4 is 14.8 Å². The summed E-state index contributed by atoms with van der Waals surface area (Å²) < 4.78 is 16.4. The Hall–Kier alpha value is -3.52. The van der Waals surface area contributed by atoms with Gasteiger partial charge in [-0.25, -0.2) is 0 Å². The molecule has 4 rings (SSSR count). The molecule has 1 N–H and O–H groups in total. The van der Waals surface area contributed by atoms with E-state index in [2.05, 4.69) is 5.32 Å². The highest BCUT2D eigenvalue weighted by atomic mass is 16.5. The Morgan fingerprint density at radius 3 is 2.48 bits per heavy atom. The Bertz CT molecular complexity index is 1100. The summed E-state index contributed by atoms with van der Waals surface area (Å²) in [5, 5.41) is 3.95. The summed E-state index contributed by atoms with van der Waals surface area (Å²) in [4.78, 5) is 29.3. The molecule has 2 aromatic carbocycles. The van der Waals surface area contributed by atoms with Crippen molar-refractivity contribution in [2.75, 3.05) is 46.9 Å². The first-order chi connectivity index (χ1) is 16.0. The SMILES string of the molecule is COc1ccc(OC)c(C(C)NC(=O)CN2CCN(C(=O)c3cc4ccccc4o3)CC2)c1. The van der Waals surface area contributed by atoms with Gasteiger partial charge in [0.15, 0.2) is 5.76 Å². The molecule has 1 aliphatic heterocycles. The van der Waals surface area contributed by atoms with Crippen LogP contribution in [0.2, 0.25) is 0 Å². The Kier molecular flexibility index (Phi) is 6.84. The molecule has 2 amide bonds. The van der Waals surface area contributed by atoms with E-state index in [1.165, 1.54) is 0 Å². The topological polar surface area (TPSA) is 84.3 Å². The van der Waals surface area contributed by atoms with Crippen molar-refractivity contribution in [3.05, 3.63) is 59.9 Å². The number of furan rings is 1. The molecular weight excluding hydrogens is 422 g/mol. The Balaban J connectivity index is 1.30. The maximum Gasteiger partial charge on any atom is 0.289 e. The van der Waals surface area contributed by atoms with Gasteiger partial charge in [-0.05, 0) is 37.3 Å². The van der Waals surface area contributed by atoms with Crippen LogP contribution in [0.1, 0.15) is 29.1 Å². The normalized spacial score (nSPS) is 15.3. The molecule has 1 fully saturated rings. The number of carbonyl (C=O) groups is 2. The van der Waals surface area contributed by atoms with Crippen LogP contribution in [-0.4, -0.2) is 68.6 Å². The molecule has 1 unspecified atom stereocenters. The van der Waals surface area contributed by atoms with E-state index < -0.39 is 0 Å². The van der Waals surface area contributed by atoms with E-state index >= 15 is 0 Å². The van der Waals surface area contributed by atoms with E-state index in [0.29, 0.717) is 49.0 Å². The van der Waals surface area contributed by atoms with Crippen molar-refractivity contribution < 1.29 is 23.5 Å². The molecule has 1 atom stereocenters. The van der Waals surface area contributed by atoms with Crippen LogP contribution in [0.3, 0.4) is 0 Å². The van der Waals surface area contributed by atoms with E-state index in [-0.39, 0.29) is 24.4 Å². The minimum atomic E-state index is -0.237. The van der Waals surface area contributed by atoms with Gasteiger partial charge in [-0.2, -0.15) is 0 Å². The summed E-state index contributed by atoms with van der Waals surface area (Å²) in [6, 6.07) is 14.6. The second-order valence-electron chi connectivity index (χ2n) is 8.11. The van der Waals surface area contributed by atoms with Gasteiger partial charge in [0.25, 0.3) is 5.91 Å². The zero-order valence-corrected chi connectivity index (χ0v) is 19.2. The zero-order chi connectivity index (χ0) is 23.4. The van der Waals surface area contributed by atoms with Crippen molar-refractivity contribution in [2.45, 2.75) is 13.0 Å². The number of hydrogen-bond donors (Lipinski definition) is 1. The molecule has 8 nitrogen and oxygen atoms in total. The van der Waals surface area contributed by atoms with Gasteiger partial charge >= 0.3 is 0 Å². The first-order valence-corrected chi connectivity index (χ1v) is 11.0. The predicted octanol–water partition coefficient (Wildman–Crippen LogP) is 3.09. The lowest BCUT2D eigenvalue weighted by Gasteiger charge is -2.34. The number of rotatable bonds is 7. The van der Waals surface area contributed by atoms with Crippen molar-refractivity contribution in [3.63, 3.8) is 0 Å². The fraction of sp³-hybridized carbons (Fsp3) is 0.360. The molecule has 33 heavy (non-hydrogen) atoms. The predicted molar refractivity (Wildman–Crippen MR) is 125 cm³/mol. The summed E-state index contributed by atoms with van der Waals surface area (Å²) in [5.41, 5.74) is 1.56. The Morgan fingerprint density at radius 1 is 1.03 bits per heavy atom. The number of benzene rings is 2. The average Bonchev–Trinajstić information content (AvgIpc) is 3.28. The van der Waals surface area contributed by atoms with Crippen LogP contribution in [0.4, 0.5) is 0 Å². The highest BCUT2D eigenvalue weighted by Crippen LogP contribution is 2.29. The van der Waals surface area contributed by atoms with E-state index in [1.807, 2.05) is 54.3 Å². The van der Waals surface area contributed by atoms with Crippen LogP contribution >= 0.6 is 0 Å². The van der Waals surface area contributed by atoms with Gasteiger partial charge in [-0.3, -0.25) is 14.5 Å². The Labute approximate surface area is 193 Å². The number of hydrogen-bond acceptors (Lipinski definition) is 6. The second-order valence-corrected chi connectivity index (χ2v) is 8.11. The van der Waals surface area contributed by atoms with E-state index in [9.17, 15) is 9.59 Å². The number of methoxy groups -OCH3 is 2. The van der Waals surface area contributed by atoms with Gasteiger partial charge in [0, 0.05) is 37.1 Å². The Morgan fingerprint density at radius 2 is 1.79 bits per heavy atom. The number of nitrogens with zero attached hydrogens (tertiary/aromatic N) is 2. The first-order valence-electron chi connectivity index (χ1n) is 11.0. The second kappa shape index (κ2) is 9.95. The number of para-hydroxylation sites is 1. The highest BCUT2D eigenvalue weighted by molar-refractivity contribution is 5.96. The number of amides is 2. The summed E-state index contributed by atoms with van der Waals surface area (Å²) in [6.45, 7) is 4.51. The molecule has 0 radical (unpaired) electrons. The van der Waals surface area contributed by atoms with Gasteiger partial charge < -0.3 is 24.1 Å². The smallest absolute Gasteiger partial charge is 0.289 e. The number of fused-ring (bicyclic) bond motifs is 1. The minimum Gasteiger partial charge on any atom is -0.497 e. The largest absolute Gasteiger partial charge is 0.497 e. The number of nitrogens with one attached hydrogen (secondary N) is 1. The summed E-state index contributed by atoms with van der Waals surface area (Å²) in [7, 11) is 3.21. The van der Waals surface area contributed by atoms with Crippen LogP contribution in [-0.2, 0) is 4.79 Å². The minimum absolute atomic E-state index is 0.0792. The standard InChI is InChI=1S/C25H29N3O5/c1-17(20-15-19(31-2)8-9-22(20)32-3)26-24(29)16-27-10-12-28(13-11-27)25(30)23-14-18-6-4-5-7-21(18)33-23/h4-9,14-15,17H,10-13,16H2,1-3H3,(H,26,29). The molecule has 2 heterocycles. The number of carbonyl (C=O) groups excluding carboxylic acids is 2. The quantitative estimate of drug-likeness (QED) is 0.594. The van der Waals surface area contributed by atoms with Crippen molar-refractivity contribution in [1.82, 2.24) is 15.1 Å². The van der Waals surface area contributed by atoms with Crippen molar-refractivity contribution in [2.24, 2.45) is 0 Å². The average molecular weight is 452 g/mol. The van der Waals surface area contributed by atoms with Gasteiger partial charge in [-0.1, -0.05) is 18.2 Å². The summed E-state index contributed by atoms with van der Waals surface area (Å²) in [5.74, 6) is 1.56. The first kappa shape index (κ1) is 22.7. The van der Waals surface area contributed by atoms with E-state index in [1.54, 1.807) is 25.2 Å².